The van der Waals surface area contributed by atoms with Crippen LogP contribution in [-0.2, 0) is 6.54 Å². The number of hydrogen-bond acceptors (Lipinski definition) is 4. The highest BCUT2D eigenvalue weighted by atomic mass is 127. The molecule has 2 N–H and O–H groups in total. The summed E-state index contributed by atoms with van der Waals surface area (Å²) >= 11 is 0. The summed E-state index contributed by atoms with van der Waals surface area (Å²) in [5.41, 5.74) is 3.98. The van der Waals surface area contributed by atoms with Crippen molar-refractivity contribution in [3.63, 3.8) is 0 Å². The fraction of sp³-hybridized carbons (Fsp3) is 0.273. The van der Waals surface area contributed by atoms with Gasteiger partial charge in [0.1, 0.15) is 0 Å². The molecule has 1 heterocycles. The Kier molecular flexibility index (Phi) is 8.97. The summed E-state index contributed by atoms with van der Waals surface area (Å²) in [4.78, 5) is 4.32. The molecule has 30 heavy (non-hydrogen) atoms. The molecule has 0 radical (unpaired) electrons. The molecule has 160 valence electrons. The van der Waals surface area contributed by atoms with E-state index in [2.05, 4.69) is 32.9 Å². The minimum atomic E-state index is 0. The maximum atomic E-state index is 5.57. The standard InChI is InChI=1S/C22H27N5O2.HI/c1-5-29-20-11-10-18(14-21(20)28-4)25-22(23-3)24-15-17-8-6-7-9-19(17)27-13-12-16(2)26-27;/h6-14H,5,15H2,1-4H3,(H2,23,24,25);1H. The van der Waals surface area contributed by atoms with Crippen molar-refractivity contribution in [2.45, 2.75) is 20.4 Å². The van der Waals surface area contributed by atoms with Gasteiger partial charge in [-0.2, -0.15) is 5.10 Å². The Morgan fingerprint density at radius 3 is 2.60 bits per heavy atom. The highest BCUT2D eigenvalue weighted by Crippen LogP contribution is 2.30. The number of hydrogen-bond donors (Lipinski definition) is 2. The molecule has 0 bridgehead atoms. The summed E-state index contributed by atoms with van der Waals surface area (Å²) in [6.07, 6.45) is 1.97. The molecular weight excluding hydrogens is 493 g/mol. The molecule has 0 saturated heterocycles. The molecule has 0 aliphatic rings. The lowest BCUT2D eigenvalue weighted by atomic mass is 10.2. The third-order valence-corrected chi connectivity index (χ3v) is 4.36. The lowest BCUT2D eigenvalue weighted by Gasteiger charge is -2.16. The SMILES string of the molecule is CCOc1ccc(NC(=NC)NCc2ccccc2-n2ccc(C)n2)cc1OC.I. The minimum absolute atomic E-state index is 0. The first-order valence-corrected chi connectivity index (χ1v) is 9.53. The molecule has 0 aliphatic heterocycles. The lowest BCUT2D eigenvalue weighted by molar-refractivity contribution is 0.311. The number of rotatable bonds is 7. The topological polar surface area (TPSA) is 72.7 Å². The quantitative estimate of drug-likeness (QED) is 0.274. The van der Waals surface area contributed by atoms with Crippen molar-refractivity contribution in [2.75, 3.05) is 26.1 Å². The van der Waals surface area contributed by atoms with Crippen LogP contribution in [0.1, 0.15) is 18.2 Å². The van der Waals surface area contributed by atoms with Crippen molar-refractivity contribution in [3.8, 4) is 17.2 Å². The van der Waals surface area contributed by atoms with Crippen LogP contribution >= 0.6 is 24.0 Å². The van der Waals surface area contributed by atoms with E-state index < -0.39 is 0 Å². The zero-order valence-corrected chi connectivity index (χ0v) is 20.0. The zero-order valence-electron chi connectivity index (χ0n) is 17.7. The Morgan fingerprint density at radius 1 is 1.13 bits per heavy atom. The lowest BCUT2D eigenvalue weighted by Crippen LogP contribution is -2.30. The molecule has 8 heteroatoms. The van der Waals surface area contributed by atoms with E-state index in [9.17, 15) is 0 Å². The van der Waals surface area contributed by atoms with Crippen LogP contribution in [0, 0.1) is 6.92 Å². The van der Waals surface area contributed by atoms with Gasteiger partial charge in [0, 0.05) is 31.5 Å². The number of nitrogens with zero attached hydrogens (tertiary/aromatic N) is 3. The first-order chi connectivity index (χ1) is 14.1. The fourth-order valence-electron chi connectivity index (χ4n) is 2.95. The largest absolute Gasteiger partial charge is 0.493 e. The maximum Gasteiger partial charge on any atom is 0.195 e. The van der Waals surface area contributed by atoms with Crippen LogP contribution in [0.3, 0.4) is 0 Å². The fourth-order valence-corrected chi connectivity index (χ4v) is 2.95. The summed E-state index contributed by atoms with van der Waals surface area (Å²) in [7, 11) is 3.37. The molecular formula is C22H28IN5O2. The van der Waals surface area contributed by atoms with E-state index in [1.807, 2.05) is 61.1 Å². The molecule has 0 aliphatic carbocycles. The van der Waals surface area contributed by atoms with E-state index >= 15 is 0 Å². The van der Waals surface area contributed by atoms with Crippen molar-refractivity contribution < 1.29 is 9.47 Å². The second kappa shape index (κ2) is 11.4. The van der Waals surface area contributed by atoms with Crippen molar-refractivity contribution in [2.24, 2.45) is 4.99 Å². The van der Waals surface area contributed by atoms with Gasteiger partial charge in [0.25, 0.3) is 0 Å². The molecule has 0 saturated carbocycles. The number of aliphatic imine (C=N–C) groups is 1. The molecule has 0 unspecified atom stereocenters. The molecule has 3 aromatic rings. The molecule has 0 amide bonds. The number of aromatic nitrogens is 2. The predicted molar refractivity (Wildman–Crippen MR) is 132 cm³/mol. The number of guanidine groups is 1. The number of anilines is 1. The normalized spacial score (nSPS) is 10.9. The van der Waals surface area contributed by atoms with Gasteiger partial charge in [0.05, 0.1) is 25.1 Å². The molecule has 2 aromatic carbocycles. The second-order valence-corrected chi connectivity index (χ2v) is 6.38. The number of benzene rings is 2. The number of ether oxygens (including phenoxy) is 2. The van der Waals surface area contributed by atoms with Gasteiger partial charge >= 0.3 is 0 Å². The van der Waals surface area contributed by atoms with Gasteiger partial charge in [-0.1, -0.05) is 18.2 Å². The summed E-state index contributed by atoms with van der Waals surface area (Å²) in [6, 6.07) is 15.8. The van der Waals surface area contributed by atoms with Gasteiger partial charge in [-0.05, 0) is 43.7 Å². The predicted octanol–water partition coefficient (Wildman–Crippen LogP) is 4.39. The third kappa shape index (κ3) is 5.88. The highest BCUT2D eigenvalue weighted by Gasteiger charge is 2.09. The van der Waals surface area contributed by atoms with Crippen molar-refractivity contribution >= 4 is 35.6 Å². The van der Waals surface area contributed by atoms with E-state index in [0.717, 1.165) is 22.6 Å². The molecule has 7 nitrogen and oxygen atoms in total. The zero-order chi connectivity index (χ0) is 20.6. The molecule has 0 atom stereocenters. The van der Waals surface area contributed by atoms with Crippen LogP contribution in [0.25, 0.3) is 5.69 Å². The molecule has 0 spiro atoms. The molecule has 3 rings (SSSR count). The Labute approximate surface area is 194 Å². The van der Waals surface area contributed by atoms with E-state index in [1.165, 1.54) is 0 Å². The molecule has 0 fully saturated rings. The maximum absolute atomic E-state index is 5.57. The highest BCUT2D eigenvalue weighted by molar-refractivity contribution is 14.0. The van der Waals surface area contributed by atoms with Gasteiger partial charge in [0.15, 0.2) is 17.5 Å². The third-order valence-electron chi connectivity index (χ3n) is 4.36. The second-order valence-electron chi connectivity index (χ2n) is 6.38. The Bertz CT molecular complexity index is 987. The summed E-state index contributed by atoms with van der Waals surface area (Å²) < 4.78 is 12.9. The first-order valence-electron chi connectivity index (χ1n) is 9.53. The van der Waals surface area contributed by atoms with Gasteiger partial charge in [-0.25, -0.2) is 4.68 Å². The number of aryl methyl sites for hydroxylation is 1. The summed E-state index contributed by atoms with van der Waals surface area (Å²) in [5, 5.41) is 11.2. The Hall–Kier alpha value is -2.75. The van der Waals surface area contributed by atoms with E-state index in [0.29, 0.717) is 30.6 Å². The van der Waals surface area contributed by atoms with E-state index in [4.69, 9.17) is 9.47 Å². The van der Waals surface area contributed by atoms with Crippen LogP contribution in [-0.4, -0.2) is 36.5 Å². The van der Waals surface area contributed by atoms with Crippen molar-refractivity contribution in [1.82, 2.24) is 15.1 Å². The van der Waals surface area contributed by atoms with Crippen LogP contribution in [0.15, 0.2) is 59.7 Å². The van der Waals surface area contributed by atoms with Crippen LogP contribution in [0.2, 0.25) is 0 Å². The molecule has 1 aromatic heterocycles. The number of halogens is 1. The Balaban J connectivity index is 0.00000320. The summed E-state index contributed by atoms with van der Waals surface area (Å²) in [6.45, 7) is 5.11. The average Bonchev–Trinajstić information content (AvgIpc) is 3.18. The van der Waals surface area contributed by atoms with Crippen LogP contribution in [0.5, 0.6) is 11.5 Å². The van der Waals surface area contributed by atoms with Crippen LogP contribution in [0.4, 0.5) is 5.69 Å². The first kappa shape index (κ1) is 23.5. The summed E-state index contributed by atoms with van der Waals surface area (Å²) in [5.74, 6) is 2.04. The number of methoxy groups -OCH3 is 1. The van der Waals surface area contributed by atoms with Gasteiger partial charge in [-0.3, -0.25) is 4.99 Å². The van der Waals surface area contributed by atoms with Crippen molar-refractivity contribution in [3.05, 3.63) is 66.0 Å². The Morgan fingerprint density at radius 2 is 1.93 bits per heavy atom. The number of para-hydroxylation sites is 1. The smallest absolute Gasteiger partial charge is 0.195 e. The van der Waals surface area contributed by atoms with Crippen LogP contribution < -0.4 is 20.1 Å². The van der Waals surface area contributed by atoms with Gasteiger partial charge in [0.2, 0.25) is 0 Å². The van der Waals surface area contributed by atoms with Gasteiger partial charge < -0.3 is 20.1 Å². The van der Waals surface area contributed by atoms with E-state index in [1.54, 1.807) is 14.2 Å². The average molecular weight is 521 g/mol. The van der Waals surface area contributed by atoms with E-state index in [-0.39, 0.29) is 24.0 Å². The number of nitrogens with one attached hydrogen (secondary N) is 2. The monoisotopic (exact) mass is 521 g/mol. The van der Waals surface area contributed by atoms with Crippen molar-refractivity contribution in [1.29, 1.82) is 0 Å². The van der Waals surface area contributed by atoms with Gasteiger partial charge in [-0.15, -0.1) is 24.0 Å². The minimum Gasteiger partial charge on any atom is -0.493 e.